The largest absolute Gasteiger partial charge is 0.368 e. The molecule has 1 aromatic rings. The van der Waals surface area contributed by atoms with Gasteiger partial charge in [0.2, 0.25) is 11.8 Å². The van der Waals surface area contributed by atoms with Crippen molar-refractivity contribution in [2.24, 2.45) is 11.5 Å². The molecular formula is C12H17N3O2. The third-order valence-electron chi connectivity index (χ3n) is 2.51. The predicted molar refractivity (Wildman–Crippen MR) is 64.8 cm³/mol. The molecule has 0 aliphatic rings. The van der Waals surface area contributed by atoms with Crippen LogP contribution in [0.4, 0.5) is 0 Å². The number of rotatable bonds is 5. The van der Waals surface area contributed by atoms with Gasteiger partial charge >= 0.3 is 0 Å². The highest BCUT2D eigenvalue weighted by molar-refractivity contribution is 5.87. The molecular weight excluding hydrogens is 218 g/mol. The molecule has 0 radical (unpaired) electrons. The molecule has 5 N–H and O–H groups in total. The Labute approximate surface area is 100 Å². The Kier molecular flexibility index (Phi) is 4.66. The number of carbonyl (C=O) groups is 2. The van der Waals surface area contributed by atoms with E-state index in [4.69, 9.17) is 11.5 Å². The first kappa shape index (κ1) is 13.2. The molecule has 0 aromatic heterocycles. The van der Waals surface area contributed by atoms with Crippen molar-refractivity contribution in [3.63, 3.8) is 0 Å². The lowest BCUT2D eigenvalue weighted by Gasteiger charge is -2.09. The van der Waals surface area contributed by atoms with Gasteiger partial charge in [-0.15, -0.1) is 0 Å². The van der Waals surface area contributed by atoms with Crippen LogP contribution in [0.25, 0.3) is 0 Å². The van der Waals surface area contributed by atoms with Gasteiger partial charge in [0, 0.05) is 6.54 Å². The lowest BCUT2D eigenvalue weighted by atomic mass is 10.1. The molecule has 0 fully saturated rings. The fraction of sp³-hybridized carbons (Fsp3) is 0.333. The second-order valence-electron chi connectivity index (χ2n) is 3.92. The highest BCUT2D eigenvalue weighted by atomic mass is 16.2. The first-order chi connectivity index (χ1) is 8.00. The van der Waals surface area contributed by atoms with Crippen LogP contribution >= 0.6 is 0 Å². The van der Waals surface area contributed by atoms with Gasteiger partial charge < -0.3 is 16.8 Å². The normalized spacial score (nSPS) is 11.9. The van der Waals surface area contributed by atoms with Crippen molar-refractivity contribution in [2.75, 3.05) is 0 Å². The summed E-state index contributed by atoms with van der Waals surface area (Å²) in [6.45, 7) is 2.40. The average Bonchev–Trinajstić information content (AvgIpc) is 2.27. The van der Waals surface area contributed by atoms with Gasteiger partial charge in [0.1, 0.15) is 0 Å². The van der Waals surface area contributed by atoms with E-state index in [1.807, 2.05) is 31.2 Å². The van der Waals surface area contributed by atoms with E-state index in [-0.39, 0.29) is 12.3 Å². The van der Waals surface area contributed by atoms with Gasteiger partial charge in [0.25, 0.3) is 0 Å². The van der Waals surface area contributed by atoms with E-state index in [1.165, 1.54) is 0 Å². The molecule has 1 rings (SSSR count). The van der Waals surface area contributed by atoms with Gasteiger partial charge in [-0.1, -0.05) is 24.3 Å². The highest BCUT2D eigenvalue weighted by Crippen LogP contribution is 2.06. The molecule has 17 heavy (non-hydrogen) atoms. The zero-order chi connectivity index (χ0) is 12.8. The van der Waals surface area contributed by atoms with Crippen LogP contribution in [0.15, 0.2) is 24.3 Å². The number of aryl methyl sites for hydroxylation is 1. The topological polar surface area (TPSA) is 98.2 Å². The Balaban J connectivity index is 2.44. The van der Waals surface area contributed by atoms with Crippen molar-refractivity contribution >= 4 is 11.8 Å². The van der Waals surface area contributed by atoms with Gasteiger partial charge in [-0.25, -0.2) is 0 Å². The summed E-state index contributed by atoms with van der Waals surface area (Å²) in [6, 6.07) is 6.82. The lowest BCUT2D eigenvalue weighted by Crippen LogP contribution is -2.40. The molecule has 0 aliphatic carbocycles. The van der Waals surface area contributed by atoms with Gasteiger partial charge in [-0.2, -0.15) is 0 Å². The molecule has 1 aromatic carbocycles. The summed E-state index contributed by atoms with van der Waals surface area (Å²) in [6.07, 6.45) is -0.0821. The van der Waals surface area contributed by atoms with Gasteiger partial charge in [-0.05, 0) is 18.1 Å². The summed E-state index contributed by atoms with van der Waals surface area (Å²) in [7, 11) is 0. The number of nitrogens with two attached hydrogens (primary N) is 2. The molecule has 0 heterocycles. The minimum Gasteiger partial charge on any atom is -0.368 e. The van der Waals surface area contributed by atoms with E-state index in [1.54, 1.807) is 0 Å². The predicted octanol–water partition coefficient (Wildman–Crippen LogP) is -0.186. The molecule has 0 aliphatic heterocycles. The van der Waals surface area contributed by atoms with Gasteiger partial charge in [0.05, 0.1) is 12.5 Å². The number of amides is 2. The number of primary amides is 1. The Morgan fingerprint density at radius 3 is 2.59 bits per heavy atom. The van der Waals surface area contributed by atoms with Crippen molar-refractivity contribution in [1.82, 2.24) is 5.32 Å². The Morgan fingerprint density at radius 1 is 1.35 bits per heavy atom. The van der Waals surface area contributed by atoms with Crippen LogP contribution in [0, 0.1) is 6.92 Å². The van der Waals surface area contributed by atoms with Crippen molar-refractivity contribution in [1.29, 1.82) is 0 Å². The first-order valence-corrected chi connectivity index (χ1v) is 5.37. The standard InChI is InChI=1S/C12H17N3O2/c1-8-4-2-3-5-9(8)7-15-11(16)6-10(13)12(14)17/h2-5,10H,6-7,13H2,1H3,(H2,14,17)(H,15,16)/t10-/m0/s1. The molecule has 0 saturated carbocycles. The minimum absolute atomic E-state index is 0.0821. The molecule has 0 bridgehead atoms. The molecule has 92 valence electrons. The van der Waals surface area contributed by atoms with Crippen molar-refractivity contribution in [3.05, 3.63) is 35.4 Å². The monoisotopic (exact) mass is 235 g/mol. The van der Waals surface area contributed by atoms with Crippen LogP contribution in [0.5, 0.6) is 0 Å². The number of hydrogen-bond donors (Lipinski definition) is 3. The molecule has 0 spiro atoms. The zero-order valence-electron chi connectivity index (χ0n) is 9.77. The van der Waals surface area contributed by atoms with Crippen molar-refractivity contribution in [2.45, 2.75) is 25.9 Å². The molecule has 1 atom stereocenters. The van der Waals surface area contributed by atoms with E-state index in [0.29, 0.717) is 6.54 Å². The maximum absolute atomic E-state index is 11.4. The van der Waals surface area contributed by atoms with E-state index in [9.17, 15) is 9.59 Å². The quantitative estimate of drug-likeness (QED) is 0.660. The highest BCUT2D eigenvalue weighted by Gasteiger charge is 2.14. The summed E-state index contributed by atoms with van der Waals surface area (Å²) in [5.41, 5.74) is 12.5. The second kappa shape index (κ2) is 6.00. The lowest BCUT2D eigenvalue weighted by molar-refractivity contribution is -0.126. The van der Waals surface area contributed by atoms with E-state index in [0.717, 1.165) is 11.1 Å². The van der Waals surface area contributed by atoms with Crippen LogP contribution in [0.1, 0.15) is 17.5 Å². The molecule has 0 unspecified atom stereocenters. The minimum atomic E-state index is -0.924. The first-order valence-electron chi connectivity index (χ1n) is 5.37. The summed E-state index contributed by atoms with van der Waals surface area (Å²) >= 11 is 0. The van der Waals surface area contributed by atoms with Crippen LogP contribution in [0.3, 0.4) is 0 Å². The second-order valence-corrected chi connectivity index (χ2v) is 3.92. The van der Waals surface area contributed by atoms with Gasteiger partial charge in [-0.3, -0.25) is 9.59 Å². The number of carbonyl (C=O) groups excluding carboxylic acids is 2. The fourth-order valence-corrected chi connectivity index (χ4v) is 1.37. The maximum atomic E-state index is 11.4. The fourth-order valence-electron chi connectivity index (χ4n) is 1.37. The van der Waals surface area contributed by atoms with Crippen molar-refractivity contribution in [3.8, 4) is 0 Å². The molecule has 5 nitrogen and oxygen atoms in total. The molecule has 5 heteroatoms. The summed E-state index contributed by atoms with van der Waals surface area (Å²) < 4.78 is 0. The number of nitrogens with one attached hydrogen (secondary N) is 1. The smallest absolute Gasteiger partial charge is 0.234 e. The Hall–Kier alpha value is -1.88. The van der Waals surface area contributed by atoms with E-state index >= 15 is 0 Å². The van der Waals surface area contributed by atoms with Crippen LogP contribution < -0.4 is 16.8 Å². The Bertz CT molecular complexity index is 418. The van der Waals surface area contributed by atoms with E-state index in [2.05, 4.69) is 5.32 Å². The molecule has 2 amide bonds. The molecule has 0 saturated heterocycles. The number of benzene rings is 1. The third kappa shape index (κ3) is 4.24. The van der Waals surface area contributed by atoms with Crippen LogP contribution in [-0.4, -0.2) is 17.9 Å². The summed E-state index contributed by atoms with van der Waals surface area (Å²) in [5, 5.41) is 2.70. The maximum Gasteiger partial charge on any atom is 0.234 e. The summed E-state index contributed by atoms with van der Waals surface area (Å²) in [5.74, 6) is -0.949. The van der Waals surface area contributed by atoms with Crippen LogP contribution in [0.2, 0.25) is 0 Å². The summed E-state index contributed by atoms with van der Waals surface area (Å²) in [4.78, 5) is 22.1. The SMILES string of the molecule is Cc1ccccc1CNC(=O)C[C@H](N)C(N)=O. The van der Waals surface area contributed by atoms with Crippen LogP contribution in [-0.2, 0) is 16.1 Å². The van der Waals surface area contributed by atoms with Crippen molar-refractivity contribution < 1.29 is 9.59 Å². The van der Waals surface area contributed by atoms with E-state index < -0.39 is 11.9 Å². The third-order valence-corrected chi connectivity index (χ3v) is 2.51. The average molecular weight is 235 g/mol. The van der Waals surface area contributed by atoms with Gasteiger partial charge in [0.15, 0.2) is 0 Å². The number of hydrogen-bond acceptors (Lipinski definition) is 3. The Morgan fingerprint density at radius 2 is 2.00 bits per heavy atom. The zero-order valence-corrected chi connectivity index (χ0v) is 9.77.